The minimum absolute atomic E-state index is 0.248. The van der Waals surface area contributed by atoms with Crippen molar-refractivity contribution in [2.75, 3.05) is 0 Å². The van der Waals surface area contributed by atoms with Crippen LogP contribution in [0.1, 0.15) is 32.6 Å². The Labute approximate surface area is 85.4 Å². The van der Waals surface area contributed by atoms with E-state index in [1.807, 2.05) is 0 Å². The van der Waals surface area contributed by atoms with Crippen molar-refractivity contribution in [2.45, 2.75) is 38.2 Å². The SMILES string of the molecule is C1=C2CCC(C1)C2.C=COC(C)Cl. The van der Waals surface area contributed by atoms with Crippen molar-refractivity contribution in [2.24, 2.45) is 5.92 Å². The monoisotopic (exact) mass is 200 g/mol. The maximum atomic E-state index is 5.28. The van der Waals surface area contributed by atoms with Crippen LogP contribution in [-0.4, -0.2) is 5.56 Å². The van der Waals surface area contributed by atoms with E-state index in [0.29, 0.717) is 0 Å². The van der Waals surface area contributed by atoms with Crippen molar-refractivity contribution in [3.63, 3.8) is 0 Å². The molecule has 0 aliphatic heterocycles. The lowest BCUT2D eigenvalue weighted by Crippen LogP contribution is -1.88. The van der Waals surface area contributed by atoms with Gasteiger partial charge in [-0.1, -0.05) is 29.8 Å². The van der Waals surface area contributed by atoms with Gasteiger partial charge in [-0.25, -0.2) is 0 Å². The van der Waals surface area contributed by atoms with Crippen LogP contribution in [0.15, 0.2) is 24.5 Å². The van der Waals surface area contributed by atoms with Crippen molar-refractivity contribution >= 4 is 11.6 Å². The first-order valence-corrected chi connectivity index (χ1v) is 5.24. The average molecular weight is 201 g/mol. The third-order valence-electron chi connectivity index (χ3n) is 2.45. The highest BCUT2D eigenvalue weighted by Gasteiger charge is 2.22. The van der Waals surface area contributed by atoms with Crippen molar-refractivity contribution in [3.8, 4) is 0 Å². The van der Waals surface area contributed by atoms with E-state index in [9.17, 15) is 0 Å². The third kappa shape index (κ3) is 3.86. The van der Waals surface area contributed by atoms with Crippen molar-refractivity contribution < 1.29 is 4.74 Å². The van der Waals surface area contributed by atoms with Gasteiger partial charge in [0.15, 0.2) is 5.56 Å². The zero-order chi connectivity index (χ0) is 9.68. The van der Waals surface area contributed by atoms with E-state index in [1.54, 1.807) is 12.5 Å². The molecule has 2 unspecified atom stereocenters. The number of fused-ring (bicyclic) bond motifs is 2. The number of alkyl halides is 1. The highest BCUT2D eigenvalue weighted by atomic mass is 35.5. The van der Waals surface area contributed by atoms with Gasteiger partial charge in [0.25, 0.3) is 0 Å². The Morgan fingerprint density at radius 1 is 1.77 bits per heavy atom. The number of hydrogen-bond donors (Lipinski definition) is 0. The lowest BCUT2D eigenvalue weighted by molar-refractivity contribution is 0.234. The van der Waals surface area contributed by atoms with Crippen LogP contribution >= 0.6 is 11.6 Å². The summed E-state index contributed by atoms with van der Waals surface area (Å²) >= 11 is 5.28. The Morgan fingerprint density at radius 2 is 2.54 bits per heavy atom. The van der Waals surface area contributed by atoms with Gasteiger partial charge >= 0.3 is 0 Å². The Bertz CT molecular complexity index is 196. The molecule has 0 aromatic heterocycles. The fourth-order valence-corrected chi connectivity index (χ4v) is 1.89. The summed E-state index contributed by atoms with van der Waals surface area (Å²) in [7, 11) is 0. The standard InChI is InChI=1S/C7H10.C4H7ClO/c1-2-7-4-3-6(1)5-7;1-3-6-4(2)5/h1,7H,2-5H2;3-4H,1H2,2H3. The fraction of sp³-hybridized carbons (Fsp3) is 0.636. The first-order valence-electron chi connectivity index (χ1n) is 4.80. The zero-order valence-electron chi connectivity index (χ0n) is 8.13. The maximum absolute atomic E-state index is 5.28. The van der Waals surface area contributed by atoms with Crippen molar-refractivity contribution in [1.82, 2.24) is 0 Å². The molecule has 1 fully saturated rings. The number of ether oxygens (including phenoxy) is 1. The molecule has 2 aliphatic rings. The molecule has 0 aromatic rings. The van der Waals surface area contributed by atoms with E-state index in [-0.39, 0.29) is 5.56 Å². The van der Waals surface area contributed by atoms with Gasteiger partial charge in [-0.05, 0) is 38.5 Å². The van der Waals surface area contributed by atoms with Crippen molar-refractivity contribution in [1.29, 1.82) is 0 Å². The van der Waals surface area contributed by atoms with E-state index in [2.05, 4.69) is 17.4 Å². The number of halogens is 1. The minimum Gasteiger partial charge on any atom is -0.483 e. The Hall–Kier alpha value is -0.430. The molecule has 0 amide bonds. The predicted octanol–water partition coefficient (Wildman–Crippen LogP) is 3.85. The van der Waals surface area contributed by atoms with E-state index >= 15 is 0 Å². The molecule has 0 radical (unpaired) electrons. The molecule has 0 N–H and O–H groups in total. The molecule has 0 saturated heterocycles. The van der Waals surface area contributed by atoms with Crippen LogP contribution < -0.4 is 0 Å². The fourth-order valence-electron chi connectivity index (χ4n) is 1.82. The lowest BCUT2D eigenvalue weighted by Gasteiger charge is -1.98. The van der Waals surface area contributed by atoms with Crippen LogP contribution in [0.4, 0.5) is 0 Å². The molecule has 0 aromatic carbocycles. The molecular formula is C11H17ClO. The van der Waals surface area contributed by atoms with Crippen LogP contribution in [0.2, 0.25) is 0 Å². The summed E-state index contributed by atoms with van der Waals surface area (Å²) < 4.78 is 4.57. The summed E-state index contributed by atoms with van der Waals surface area (Å²) in [5.74, 6) is 1.08. The normalized spacial score (nSPS) is 25.7. The molecule has 2 aliphatic carbocycles. The van der Waals surface area contributed by atoms with Gasteiger partial charge in [-0.2, -0.15) is 0 Å². The Morgan fingerprint density at radius 3 is 2.62 bits per heavy atom. The average Bonchev–Trinajstić information content (AvgIpc) is 2.66. The van der Waals surface area contributed by atoms with Gasteiger partial charge in [-0.15, -0.1) is 0 Å². The second-order valence-corrected chi connectivity index (χ2v) is 4.17. The lowest BCUT2D eigenvalue weighted by atomic mass is 10.1. The summed E-state index contributed by atoms with van der Waals surface area (Å²) in [5.41, 5.74) is 1.49. The molecule has 74 valence electrons. The van der Waals surface area contributed by atoms with Crippen LogP contribution in [0.5, 0.6) is 0 Å². The summed E-state index contributed by atoms with van der Waals surface area (Å²) in [6, 6.07) is 0. The molecule has 2 rings (SSSR count). The highest BCUT2D eigenvalue weighted by molar-refractivity contribution is 6.19. The second kappa shape index (κ2) is 5.33. The van der Waals surface area contributed by atoms with Gasteiger partial charge in [0.2, 0.25) is 0 Å². The maximum Gasteiger partial charge on any atom is 0.168 e. The molecule has 13 heavy (non-hydrogen) atoms. The summed E-state index contributed by atoms with van der Waals surface area (Å²) in [6.07, 6.45) is 9.50. The topological polar surface area (TPSA) is 9.23 Å². The van der Waals surface area contributed by atoms with Crippen LogP contribution in [0.3, 0.4) is 0 Å². The van der Waals surface area contributed by atoms with Crippen LogP contribution in [0.25, 0.3) is 0 Å². The first kappa shape index (κ1) is 10.6. The largest absolute Gasteiger partial charge is 0.483 e. The molecule has 1 saturated carbocycles. The molecule has 2 atom stereocenters. The van der Waals surface area contributed by atoms with E-state index in [0.717, 1.165) is 5.92 Å². The first-order chi connectivity index (χ1) is 6.22. The van der Waals surface area contributed by atoms with Gasteiger partial charge < -0.3 is 4.74 Å². The number of hydrogen-bond acceptors (Lipinski definition) is 1. The van der Waals surface area contributed by atoms with Gasteiger partial charge in [-0.3, -0.25) is 0 Å². The predicted molar refractivity (Wildman–Crippen MR) is 56.6 cm³/mol. The summed E-state index contributed by atoms with van der Waals surface area (Å²) in [6.45, 7) is 5.02. The van der Waals surface area contributed by atoms with Gasteiger partial charge in [0, 0.05) is 0 Å². The van der Waals surface area contributed by atoms with E-state index < -0.39 is 0 Å². The highest BCUT2D eigenvalue weighted by Crippen LogP contribution is 2.38. The van der Waals surface area contributed by atoms with E-state index in [4.69, 9.17) is 11.6 Å². The van der Waals surface area contributed by atoms with Crippen LogP contribution in [-0.2, 0) is 4.74 Å². The number of allylic oxidation sites excluding steroid dienone is 2. The Balaban J connectivity index is 0.000000133. The van der Waals surface area contributed by atoms with Crippen LogP contribution in [0, 0.1) is 5.92 Å². The molecule has 1 nitrogen and oxygen atoms in total. The van der Waals surface area contributed by atoms with E-state index in [1.165, 1.54) is 31.9 Å². The molecule has 0 spiro atoms. The number of rotatable bonds is 2. The third-order valence-corrected chi connectivity index (χ3v) is 2.55. The molecule has 0 heterocycles. The van der Waals surface area contributed by atoms with Crippen molar-refractivity contribution in [3.05, 3.63) is 24.5 Å². The summed E-state index contributed by atoms with van der Waals surface area (Å²) in [4.78, 5) is 0. The minimum atomic E-state index is -0.248. The quantitative estimate of drug-likeness (QED) is 0.374. The van der Waals surface area contributed by atoms with Gasteiger partial charge in [0.1, 0.15) is 0 Å². The smallest absolute Gasteiger partial charge is 0.168 e. The zero-order valence-corrected chi connectivity index (χ0v) is 8.89. The molecule has 2 heteroatoms. The molecule has 2 bridgehead atoms. The summed E-state index contributed by atoms with van der Waals surface area (Å²) in [5, 5.41) is 0. The Kier molecular flexibility index (Phi) is 4.37. The van der Waals surface area contributed by atoms with Gasteiger partial charge in [0.05, 0.1) is 6.26 Å². The molecular weight excluding hydrogens is 184 g/mol. The second-order valence-electron chi connectivity index (χ2n) is 3.55.